The molecule has 0 aliphatic carbocycles. The number of unbranched alkanes of at least 4 members (excludes halogenated alkanes) is 3. The highest BCUT2D eigenvalue weighted by molar-refractivity contribution is 7.80. The Kier molecular flexibility index (Phi) is 6.81. The Morgan fingerprint density at radius 1 is 1.27 bits per heavy atom. The summed E-state index contributed by atoms with van der Waals surface area (Å²) in [7, 11) is 0. The summed E-state index contributed by atoms with van der Waals surface area (Å²) >= 11 is 4.20. The SMILES string of the molecule is CCCB1C=C(CCCCCCS)N=N1. The first kappa shape index (κ1) is 12.8. The van der Waals surface area contributed by atoms with Crippen molar-refractivity contribution < 1.29 is 0 Å². The Labute approximate surface area is 99.1 Å². The fourth-order valence-corrected chi connectivity index (χ4v) is 2.00. The summed E-state index contributed by atoms with van der Waals surface area (Å²) in [6, 6.07) is 0. The fourth-order valence-electron chi connectivity index (χ4n) is 1.78. The van der Waals surface area contributed by atoms with Gasteiger partial charge in [0.1, 0.15) is 0 Å². The molecule has 0 saturated carbocycles. The molecule has 0 aromatic heterocycles. The van der Waals surface area contributed by atoms with Crippen molar-refractivity contribution in [2.45, 2.75) is 51.8 Å². The number of hydrogen-bond acceptors (Lipinski definition) is 3. The van der Waals surface area contributed by atoms with Crippen LogP contribution in [0.4, 0.5) is 0 Å². The van der Waals surface area contributed by atoms with Crippen LogP contribution in [0.25, 0.3) is 0 Å². The van der Waals surface area contributed by atoms with E-state index in [2.05, 4.69) is 35.7 Å². The van der Waals surface area contributed by atoms with Crippen LogP contribution in [0.2, 0.25) is 6.32 Å². The molecule has 15 heavy (non-hydrogen) atoms. The van der Waals surface area contributed by atoms with Gasteiger partial charge in [0.25, 0.3) is 0 Å². The standard InChI is InChI=1S/C11H21BN2S/c1-2-8-12-10-11(13-14-12)7-5-3-4-6-9-15/h10,15H,2-9H2,1H3. The Balaban J connectivity index is 2.07. The second-order valence-electron chi connectivity index (χ2n) is 4.12. The molecule has 0 saturated heterocycles. The van der Waals surface area contributed by atoms with Gasteiger partial charge < -0.3 is 0 Å². The van der Waals surface area contributed by atoms with Crippen molar-refractivity contribution >= 4 is 19.5 Å². The average molecular weight is 224 g/mol. The van der Waals surface area contributed by atoms with E-state index >= 15 is 0 Å². The van der Waals surface area contributed by atoms with Gasteiger partial charge in [0.05, 0.1) is 5.70 Å². The smallest absolute Gasteiger partial charge is 0.248 e. The molecule has 0 radical (unpaired) electrons. The van der Waals surface area contributed by atoms with Crippen LogP contribution < -0.4 is 0 Å². The molecule has 0 unspecified atom stereocenters. The molecule has 1 aliphatic rings. The van der Waals surface area contributed by atoms with Crippen LogP contribution in [-0.4, -0.2) is 12.6 Å². The molecule has 1 aliphatic heterocycles. The summed E-state index contributed by atoms with van der Waals surface area (Å²) in [6.07, 6.45) is 8.52. The summed E-state index contributed by atoms with van der Waals surface area (Å²) in [5.74, 6) is 3.25. The van der Waals surface area contributed by atoms with Crippen LogP contribution in [-0.2, 0) is 0 Å². The molecule has 2 nitrogen and oxygen atoms in total. The van der Waals surface area contributed by atoms with E-state index in [4.69, 9.17) is 0 Å². The van der Waals surface area contributed by atoms with Crippen LogP contribution in [0.3, 0.4) is 0 Å². The van der Waals surface area contributed by atoms with Gasteiger partial charge in [-0.15, -0.1) is 0 Å². The molecular formula is C11H21BN2S. The zero-order chi connectivity index (χ0) is 10.9. The molecule has 0 fully saturated rings. The molecule has 0 bridgehead atoms. The number of rotatable bonds is 8. The van der Waals surface area contributed by atoms with Crippen LogP contribution in [0.5, 0.6) is 0 Å². The number of allylic oxidation sites excluding steroid dienone is 1. The fraction of sp³-hybridized carbons (Fsp3) is 0.818. The first-order valence-corrected chi connectivity index (χ1v) is 6.72. The maximum Gasteiger partial charge on any atom is 0.335 e. The average Bonchev–Trinajstić information content (AvgIpc) is 2.66. The van der Waals surface area contributed by atoms with Gasteiger partial charge in [-0.2, -0.15) is 17.7 Å². The quantitative estimate of drug-likeness (QED) is 0.364. The lowest BCUT2D eigenvalue weighted by Crippen LogP contribution is -2.00. The number of nitrogens with zero attached hydrogens (tertiary/aromatic N) is 2. The molecular weight excluding hydrogens is 203 g/mol. The van der Waals surface area contributed by atoms with E-state index in [1.165, 1.54) is 37.8 Å². The van der Waals surface area contributed by atoms with Gasteiger partial charge in [-0.25, -0.2) is 5.03 Å². The zero-order valence-electron chi connectivity index (χ0n) is 9.65. The second kappa shape index (κ2) is 7.97. The van der Waals surface area contributed by atoms with Crippen LogP contribution in [0, 0.1) is 0 Å². The van der Waals surface area contributed by atoms with Crippen molar-refractivity contribution in [2.75, 3.05) is 5.75 Å². The lowest BCUT2D eigenvalue weighted by Gasteiger charge is -1.98. The molecule has 0 N–H and O–H groups in total. The number of thiol groups is 1. The molecule has 84 valence electrons. The van der Waals surface area contributed by atoms with E-state index in [0.717, 1.165) is 18.5 Å². The van der Waals surface area contributed by atoms with Crippen molar-refractivity contribution in [1.29, 1.82) is 0 Å². The third-order valence-corrected chi connectivity index (χ3v) is 2.96. The van der Waals surface area contributed by atoms with Gasteiger partial charge in [-0.3, -0.25) is 0 Å². The van der Waals surface area contributed by atoms with Crippen molar-refractivity contribution in [3.05, 3.63) is 11.7 Å². The molecule has 1 rings (SSSR count). The molecule has 1 heterocycles. The molecule has 4 heteroatoms. The highest BCUT2D eigenvalue weighted by Crippen LogP contribution is 2.19. The van der Waals surface area contributed by atoms with Gasteiger partial charge in [0, 0.05) is 0 Å². The third kappa shape index (κ3) is 5.40. The zero-order valence-corrected chi connectivity index (χ0v) is 10.5. The van der Waals surface area contributed by atoms with E-state index in [0.29, 0.717) is 6.85 Å². The monoisotopic (exact) mass is 224 g/mol. The predicted octanol–water partition coefficient (Wildman–Crippen LogP) is 4.16. The number of hydrogen-bond donors (Lipinski definition) is 1. The van der Waals surface area contributed by atoms with Crippen LogP contribution in [0.1, 0.15) is 45.4 Å². The maximum atomic E-state index is 4.24. The van der Waals surface area contributed by atoms with Gasteiger partial charge in [0.2, 0.25) is 0 Å². The Hall–Kier alpha value is -0.245. The van der Waals surface area contributed by atoms with Crippen molar-refractivity contribution in [2.24, 2.45) is 10.1 Å². The molecule has 0 amide bonds. The van der Waals surface area contributed by atoms with Crippen molar-refractivity contribution in [1.82, 2.24) is 0 Å². The van der Waals surface area contributed by atoms with Crippen LogP contribution >= 0.6 is 12.6 Å². The summed E-state index contributed by atoms with van der Waals surface area (Å²) < 4.78 is 0. The molecule has 0 aromatic rings. The lowest BCUT2D eigenvalue weighted by atomic mass is 9.60. The maximum absolute atomic E-state index is 4.24. The summed E-state index contributed by atoms with van der Waals surface area (Å²) in [5, 5.41) is 8.47. The largest absolute Gasteiger partial charge is 0.335 e. The van der Waals surface area contributed by atoms with Gasteiger partial charge in [-0.05, 0) is 31.3 Å². The van der Waals surface area contributed by atoms with Gasteiger partial charge in [-0.1, -0.05) is 32.2 Å². The highest BCUT2D eigenvalue weighted by atomic mass is 32.1. The van der Waals surface area contributed by atoms with Crippen LogP contribution in [0.15, 0.2) is 21.8 Å². The Morgan fingerprint density at radius 2 is 2.07 bits per heavy atom. The van der Waals surface area contributed by atoms with E-state index in [9.17, 15) is 0 Å². The normalized spacial score (nSPS) is 14.8. The van der Waals surface area contributed by atoms with E-state index in [-0.39, 0.29) is 0 Å². The predicted molar refractivity (Wildman–Crippen MR) is 70.7 cm³/mol. The minimum absolute atomic E-state index is 0.377. The summed E-state index contributed by atoms with van der Waals surface area (Å²) in [5.41, 5.74) is 1.21. The molecule has 0 spiro atoms. The third-order valence-electron chi connectivity index (χ3n) is 2.64. The minimum Gasteiger partial charge on any atom is -0.248 e. The van der Waals surface area contributed by atoms with Crippen molar-refractivity contribution in [3.8, 4) is 0 Å². The Morgan fingerprint density at radius 3 is 2.80 bits per heavy atom. The summed E-state index contributed by atoms with van der Waals surface area (Å²) in [6.45, 7) is 2.57. The minimum atomic E-state index is 0.377. The lowest BCUT2D eigenvalue weighted by molar-refractivity contribution is 0.665. The first-order valence-electron chi connectivity index (χ1n) is 6.09. The van der Waals surface area contributed by atoms with E-state index in [1.807, 2.05) is 0 Å². The van der Waals surface area contributed by atoms with E-state index < -0.39 is 0 Å². The topological polar surface area (TPSA) is 24.7 Å². The molecule has 0 atom stereocenters. The molecule has 0 aromatic carbocycles. The second-order valence-corrected chi connectivity index (χ2v) is 4.56. The highest BCUT2D eigenvalue weighted by Gasteiger charge is 2.15. The first-order chi connectivity index (χ1) is 7.36. The van der Waals surface area contributed by atoms with Crippen molar-refractivity contribution in [3.63, 3.8) is 0 Å². The summed E-state index contributed by atoms with van der Waals surface area (Å²) in [4.78, 5) is 0. The van der Waals surface area contributed by atoms with Gasteiger partial charge >= 0.3 is 6.85 Å². The van der Waals surface area contributed by atoms with E-state index in [1.54, 1.807) is 0 Å². The van der Waals surface area contributed by atoms with Gasteiger partial charge in [0.15, 0.2) is 0 Å². The Bertz CT molecular complexity index is 229.